The second kappa shape index (κ2) is 9.27. The van der Waals surface area contributed by atoms with E-state index < -0.39 is 12.2 Å². The average Bonchev–Trinajstić information content (AvgIpc) is 2.88. The Morgan fingerprint density at radius 1 is 1.48 bits per heavy atom. The number of anilines is 1. The molecule has 0 aromatic carbocycles. The summed E-state index contributed by atoms with van der Waals surface area (Å²) in [5, 5.41) is 8.34. The van der Waals surface area contributed by atoms with Gasteiger partial charge in [0.05, 0.1) is 6.54 Å². The van der Waals surface area contributed by atoms with E-state index in [1.807, 2.05) is 13.8 Å². The van der Waals surface area contributed by atoms with Crippen molar-refractivity contribution in [1.82, 2.24) is 10.3 Å². The standard InChI is InChI=1S/C12H20N4O4S/c1-4-19-9(20-5-2)6-14-11(17)10(16-18-3)8-7-21-12(13)15-8/h7,9H,4-6H2,1-3H3,(H2,13,15)(H,14,17)/b16-10-. The van der Waals surface area contributed by atoms with Gasteiger partial charge < -0.3 is 25.4 Å². The van der Waals surface area contributed by atoms with E-state index in [1.54, 1.807) is 5.38 Å². The summed E-state index contributed by atoms with van der Waals surface area (Å²) in [5.41, 5.74) is 5.97. The summed E-state index contributed by atoms with van der Waals surface area (Å²) in [7, 11) is 1.35. The molecule has 1 rings (SSSR count). The number of aromatic nitrogens is 1. The number of carbonyl (C=O) groups is 1. The summed E-state index contributed by atoms with van der Waals surface area (Å²) in [5.74, 6) is -0.438. The van der Waals surface area contributed by atoms with Gasteiger partial charge in [0.2, 0.25) is 0 Å². The van der Waals surface area contributed by atoms with Crippen LogP contribution in [0.15, 0.2) is 10.5 Å². The highest BCUT2D eigenvalue weighted by atomic mass is 32.1. The van der Waals surface area contributed by atoms with Crippen molar-refractivity contribution < 1.29 is 19.1 Å². The quantitative estimate of drug-likeness (QED) is 0.392. The van der Waals surface area contributed by atoms with Gasteiger partial charge in [-0.25, -0.2) is 4.98 Å². The Labute approximate surface area is 127 Å². The third-order valence-corrected chi connectivity index (χ3v) is 2.97. The number of amides is 1. The Morgan fingerprint density at radius 3 is 2.62 bits per heavy atom. The van der Waals surface area contributed by atoms with Crippen LogP contribution >= 0.6 is 11.3 Å². The third-order valence-electron chi connectivity index (χ3n) is 2.30. The van der Waals surface area contributed by atoms with Gasteiger partial charge in [-0.3, -0.25) is 4.79 Å². The number of rotatable bonds is 9. The maximum atomic E-state index is 12.1. The molecule has 0 spiro atoms. The Bertz CT molecular complexity index is 472. The lowest BCUT2D eigenvalue weighted by atomic mass is 10.3. The summed E-state index contributed by atoms with van der Waals surface area (Å²) < 4.78 is 10.7. The second-order valence-corrected chi connectivity index (χ2v) is 4.63. The van der Waals surface area contributed by atoms with E-state index in [0.717, 1.165) is 0 Å². The SMILES string of the molecule is CCOC(CNC(=O)/C(=N\OC)c1csc(N)n1)OCC. The molecule has 0 bridgehead atoms. The van der Waals surface area contributed by atoms with Crippen molar-refractivity contribution in [3.63, 3.8) is 0 Å². The molecule has 0 aliphatic rings. The minimum absolute atomic E-state index is 0.0530. The van der Waals surface area contributed by atoms with E-state index in [9.17, 15) is 4.79 Å². The molecule has 1 amide bonds. The van der Waals surface area contributed by atoms with E-state index in [0.29, 0.717) is 24.0 Å². The van der Waals surface area contributed by atoms with E-state index in [1.165, 1.54) is 18.4 Å². The fraction of sp³-hybridized carbons (Fsp3) is 0.583. The van der Waals surface area contributed by atoms with Crippen LogP contribution in [-0.2, 0) is 19.1 Å². The number of nitrogens with zero attached hydrogens (tertiary/aromatic N) is 2. The monoisotopic (exact) mass is 316 g/mol. The molecule has 0 aliphatic carbocycles. The van der Waals surface area contributed by atoms with E-state index >= 15 is 0 Å². The van der Waals surface area contributed by atoms with Crippen molar-refractivity contribution in [2.75, 3.05) is 32.6 Å². The van der Waals surface area contributed by atoms with Crippen molar-refractivity contribution in [3.8, 4) is 0 Å². The Hall–Kier alpha value is -1.71. The Kier molecular flexibility index (Phi) is 7.65. The maximum Gasteiger partial charge on any atom is 0.275 e. The summed E-state index contributed by atoms with van der Waals surface area (Å²) in [6.07, 6.45) is -0.506. The normalized spacial score (nSPS) is 11.7. The van der Waals surface area contributed by atoms with Crippen LogP contribution in [0.2, 0.25) is 0 Å². The van der Waals surface area contributed by atoms with E-state index in [2.05, 4.69) is 20.3 Å². The molecule has 8 nitrogen and oxygen atoms in total. The molecule has 0 radical (unpaired) electrons. The molecule has 1 aromatic heterocycles. The van der Waals surface area contributed by atoms with Gasteiger partial charge in [-0.05, 0) is 13.8 Å². The molecule has 0 aliphatic heterocycles. The first-order valence-corrected chi connectivity index (χ1v) is 7.34. The molecule has 0 unspecified atom stereocenters. The number of nitrogens with one attached hydrogen (secondary N) is 1. The van der Waals surface area contributed by atoms with Crippen LogP contribution in [0.3, 0.4) is 0 Å². The maximum absolute atomic E-state index is 12.1. The molecular formula is C12H20N4O4S. The first-order valence-electron chi connectivity index (χ1n) is 6.46. The zero-order chi connectivity index (χ0) is 15.7. The fourth-order valence-electron chi connectivity index (χ4n) is 1.49. The molecule has 1 aromatic rings. The lowest BCUT2D eigenvalue weighted by Gasteiger charge is -2.17. The summed E-state index contributed by atoms with van der Waals surface area (Å²) in [4.78, 5) is 20.8. The van der Waals surface area contributed by atoms with Crippen molar-refractivity contribution in [2.45, 2.75) is 20.1 Å². The minimum atomic E-state index is -0.506. The predicted molar refractivity (Wildman–Crippen MR) is 80.1 cm³/mol. The first kappa shape index (κ1) is 17.3. The van der Waals surface area contributed by atoms with Crippen LogP contribution in [0.1, 0.15) is 19.5 Å². The van der Waals surface area contributed by atoms with E-state index in [4.69, 9.17) is 15.2 Å². The molecule has 9 heteroatoms. The molecule has 0 atom stereocenters. The highest BCUT2D eigenvalue weighted by Crippen LogP contribution is 2.12. The van der Waals surface area contributed by atoms with Crippen LogP contribution in [0.4, 0.5) is 5.13 Å². The average molecular weight is 316 g/mol. The van der Waals surface area contributed by atoms with Gasteiger partial charge in [-0.2, -0.15) is 0 Å². The molecule has 0 saturated heterocycles. The smallest absolute Gasteiger partial charge is 0.275 e. The number of ether oxygens (including phenoxy) is 2. The molecule has 0 fully saturated rings. The van der Waals surface area contributed by atoms with Crippen LogP contribution in [-0.4, -0.2) is 49.8 Å². The van der Waals surface area contributed by atoms with Crippen LogP contribution in [0.25, 0.3) is 0 Å². The number of hydrogen-bond donors (Lipinski definition) is 2. The molecule has 3 N–H and O–H groups in total. The van der Waals surface area contributed by atoms with Crippen molar-refractivity contribution >= 4 is 28.1 Å². The predicted octanol–water partition coefficient (Wildman–Crippen LogP) is 0.591. The number of nitrogen functional groups attached to an aromatic ring is 1. The fourth-order valence-corrected chi connectivity index (χ4v) is 2.04. The first-order chi connectivity index (χ1) is 10.1. The summed E-state index contributed by atoms with van der Waals surface area (Å²) in [6, 6.07) is 0. The van der Waals surface area contributed by atoms with Crippen molar-refractivity contribution in [2.24, 2.45) is 5.16 Å². The summed E-state index contributed by atoms with van der Waals surface area (Å²) >= 11 is 1.22. The molecular weight excluding hydrogens is 296 g/mol. The van der Waals surface area contributed by atoms with E-state index in [-0.39, 0.29) is 12.3 Å². The number of carbonyl (C=O) groups excluding carboxylic acids is 1. The Balaban J connectivity index is 2.68. The lowest BCUT2D eigenvalue weighted by Crippen LogP contribution is -2.39. The molecule has 0 saturated carbocycles. The van der Waals surface area contributed by atoms with Gasteiger partial charge in [-0.15, -0.1) is 11.3 Å². The number of nitrogens with two attached hydrogens (primary N) is 1. The minimum Gasteiger partial charge on any atom is -0.398 e. The molecule has 118 valence electrons. The topological polar surface area (TPSA) is 108 Å². The molecule has 21 heavy (non-hydrogen) atoms. The number of thiazole rings is 1. The lowest BCUT2D eigenvalue weighted by molar-refractivity contribution is -0.138. The van der Waals surface area contributed by atoms with Crippen molar-refractivity contribution in [3.05, 3.63) is 11.1 Å². The van der Waals surface area contributed by atoms with Crippen molar-refractivity contribution in [1.29, 1.82) is 0 Å². The van der Waals surface area contributed by atoms with Gasteiger partial charge in [0.1, 0.15) is 12.8 Å². The Morgan fingerprint density at radius 2 is 2.14 bits per heavy atom. The van der Waals surface area contributed by atoms with Gasteiger partial charge in [0.25, 0.3) is 5.91 Å². The zero-order valence-electron chi connectivity index (χ0n) is 12.3. The van der Waals surface area contributed by atoms with Gasteiger partial charge in [0, 0.05) is 18.6 Å². The number of hydrogen-bond acceptors (Lipinski definition) is 8. The third kappa shape index (κ3) is 5.66. The van der Waals surface area contributed by atoms with Gasteiger partial charge in [0.15, 0.2) is 17.1 Å². The van der Waals surface area contributed by atoms with Gasteiger partial charge in [-0.1, -0.05) is 5.16 Å². The molecule has 1 heterocycles. The number of oxime groups is 1. The highest BCUT2D eigenvalue weighted by molar-refractivity contribution is 7.13. The highest BCUT2D eigenvalue weighted by Gasteiger charge is 2.19. The summed E-state index contributed by atoms with van der Waals surface area (Å²) in [6.45, 7) is 4.88. The second-order valence-electron chi connectivity index (χ2n) is 3.74. The van der Waals surface area contributed by atoms with Crippen LogP contribution in [0.5, 0.6) is 0 Å². The van der Waals surface area contributed by atoms with Gasteiger partial charge >= 0.3 is 0 Å². The van der Waals surface area contributed by atoms with Crippen LogP contribution in [0, 0.1) is 0 Å². The zero-order valence-corrected chi connectivity index (χ0v) is 13.1. The van der Waals surface area contributed by atoms with Crippen LogP contribution < -0.4 is 11.1 Å². The largest absolute Gasteiger partial charge is 0.398 e.